The highest BCUT2D eigenvalue weighted by atomic mass is 32.1. The van der Waals surface area contributed by atoms with Crippen molar-refractivity contribution in [3.63, 3.8) is 0 Å². The summed E-state index contributed by atoms with van der Waals surface area (Å²) in [6.45, 7) is 1.42. The Balaban J connectivity index is 1.14. The lowest BCUT2D eigenvalue weighted by atomic mass is 9.53. The molecular formula is C22H36N4O2S. The second kappa shape index (κ2) is 7.88. The van der Waals surface area contributed by atoms with Gasteiger partial charge in [-0.15, -0.1) is 0 Å². The topological polar surface area (TPSA) is 65.6 Å². The number of urea groups is 1. The fraction of sp³-hybridized carbons (Fsp3) is 0.909. The van der Waals surface area contributed by atoms with Crippen LogP contribution in [0.1, 0.15) is 64.2 Å². The van der Waals surface area contributed by atoms with Crippen LogP contribution >= 0.6 is 12.2 Å². The third kappa shape index (κ3) is 3.97. The van der Waals surface area contributed by atoms with Gasteiger partial charge in [0.15, 0.2) is 5.11 Å². The van der Waals surface area contributed by atoms with Crippen molar-refractivity contribution < 1.29 is 9.53 Å². The molecule has 0 aromatic carbocycles. The Labute approximate surface area is 179 Å². The number of nitrogens with one attached hydrogen (secondary N) is 3. The number of ether oxygens (including phenoxy) is 1. The first-order chi connectivity index (χ1) is 14.0. The van der Waals surface area contributed by atoms with Crippen molar-refractivity contribution in [2.45, 2.75) is 87.9 Å². The zero-order chi connectivity index (χ0) is 20.0. The number of methoxy groups -OCH3 is 1. The molecule has 6 aliphatic rings. The van der Waals surface area contributed by atoms with Crippen molar-refractivity contribution in [3.05, 3.63) is 0 Å². The van der Waals surface area contributed by atoms with E-state index >= 15 is 0 Å². The molecule has 0 aromatic rings. The van der Waals surface area contributed by atoms with Crippen molar-refractivity contribution in [2.75, 3.05) is 20.3 Å². The van der Waals surface area contributed by atoms with Gasteiger partial charge in [0, 0.05) is 37.3 Å². The summed E-state index contributed by atoms with van der Waals surface area (Å²) in [5.41, 5.74) is 0.0886. The van der Waals surface area contributed by atoms with Crippen LogP contribution in [0.4, 0.5) is 4.79 Å². The summed E-state index contributed by atoms with van der Waals surface area (Å²) in [6.07, 6.45) is 12.2. The Morgan fingerprint density at radius 1 is 1.03 bits per heavy atom. The molecule has 3 N–H and O–H groups in total. The lowest BCUT2D eigenvalue weighted by molar-refractivity contribution is -0.0138. The number of amides is 2. The first-order valence-electron chi connectivity index (χ1n) is 11.7. The largest absolute Gasteiger partial charge is 0.383 e. The van der Waals surface area contributed by atoms with E-state index in [1.54, 1.807) is 7.11 Å². The summed E-state index contributed by atoms with van der Waals surface area (Å²) >= 11 is 5.64. The number of nitrogens with zero attached hydrogens (tertiary/aromatic N) is 1. The van der Waals surface area contributed by atoms with Crippen LogP contribution in [0.3, 0.4) is 0 Å². The fourth-order valence-electron chi connectivity index (χ4n) is 7.70. The highest BCUT2D eigenvalue weighted by Crippen LogP contribution is 2.55. The molecule has 2 amide bonds. The summed E-state index contributed by atoms with van der Waals surface area (Å²) in [6, 6.07) is 1.23. The fourth-order valence-corrected chi connectivity index (χ4v) is 8.10. The van der Waals surface area contributed by atoms with Crippen LogP contribution in [0, 0.1) is 17.8 Å². The highest BCUT2D eigenvalue weighted by Gasteiger charge is 2.52. The van der Waals surface area contributed by atoms with Crippen molar-refractivity contribution in [1.29, 1.82) is 0 Å². The van der Waals surface area contributed by atoms with E-state index in [-0.39, 0.29) is 17.6 Å². The van der Waals surface area contributed by atoms with Crippen molar-refractivity contribution in [2.24, 2.45) is 17.8 Å². The second-order valence-electron chi connectivity index (χ2n) is 10.5. The maximum Gasteiger partial charge on any atom is 0.315 e. The van der Waals surface area contributed by atoms with Gasteiger partial charge in [-0.3, -0.25) is 0 Å². The normalized spacial score (nSPS) is 42.0. The Hall–Kier alpha value is -1.08. The highest BCUT2D eigenvalue weighted by molar-refractivity contribution is 7.80. The molecule has 4 aliphatic carbocycles. The van der Waals surface area contributed by atoms with E-state index in [4.69, 9.17) is 17.0 Å². The van der Waals surface area contributed by atoms with Crippen molar-refractivity contribution in [1.82, 2.24) is 20.9 Å². The van der Waals surface area contributed by atoms with Crippen LogP contribution in [-0.4, -0.2) is 60.0 Å². The van der Waals surface area contributed by atoms with Gasteiger partial charge in [-0.1, -0.05) is 0 Å². The third-order valence-corrected chi connectivity index (χ3v) is 8.66. The standard InChI is InChI=1S/C22H36N4O2S/c1-28-5-4-23-21(29)26-18-2-3-19(26)10-17(9-18)24-20(27)25-22-11-14-6-15(12-22)8-16(7-14)13-22/h14-19H,2-13H2,1H3,(H,23,29)(H2,24,25,27)/t14?,15?,16?,18-,19-,22?/m1/s1. The van der Waals surface area contributed by atoms with Gasteiger partial charge in [-0.05, 0) is 94.2 Å². The number of fused-ring (bicyclic) bond motifs is 2. The minimum absolute atomic E-state index is 0.0746. The molecule has 29 heavy (non-hydrogen) atoms. The summed E-state index contributed by atoms with van der Waals surface area (Å²) in [7, 11) is 1.71. The minimum Gasteiger partial charge on any atom is -0.383 e. The molecule has 6 fully saturated rings. The van der Waals surface area contributed by atoms with E-state index in [0.717, 1.165) is 42.3 Å². The maximum atomic E-state index is 12.9. The zero-order valence-corrected chi connectivity index (χ0v) is 18.4. The predicted octanol–water partition coefficient (Wildman–Crippen LogP) is 2.77. The molecule has 6 rings (SSSR count). The number of carbonyl (C=O) groups excluding carboxylic acids is 1. The summed E-state index contributed by atoms with van der Waals surface area (Å²) in [5.74, 6) is 2.56. The molecule has 0 spiro atoms. The van der Waals surface area contributed by atoms with Gasteiger partial charge in [-0.25, -0.2) is 4.79 Å². The molecular weight excluding hydrogens is 384 g/mol. The van der Waals surface area contributed by atoms with E-state index < -0.39 is 0 Å². The molecule has 2 atom stereocenters. The van der Waals surface area contributed by atoms with Gasteiger partial charge in [-0.2, -0.15) is 0 Å². The Morgan fingerprint density at radius 3 is 2.17 bits per heavy atom. The molecule has 6 bridgehead atoms. The van der Waals surface area contributed by atoms with Gasteiger partial charge < -0.3 is 25.6 Å². The van der Waals surface area contributed by atoms with Crippen LogP contribution in [0.5, 0.6) is 0 Å². The van der Waals surface area contributed by atoms with Crippen LogP contribution in [-0.2, 0) is 4.74 Å². The third-order valence-electron chi connectivity index (χ3n) is 8.30. The molecule has 0 aromatic heterocycles. The van der Waals surface area contributed by atoms with Gasteiger partial charge in [0.2, 0.25) is 0 Å². The number of carbonyl (C=O) groups is 1. The number of piperidine rings is 1. The molecule has 6 nitrogen and oxygen atoms in total. The molecule has 2 aliphatic heterocycles. The average Bonchev–Trinajstić information content (AvgIpc) is 2.91. The molecule has 2 heterocycles. The molecule has 0 radical (unpaired) electrons. The Bertz CT molecular complexity index is 607. The van der Waals surface area contributed by atoms with Gasteiger partial charge in [0.25, 0.3) is 0 Å². The summed E-state index contributed by atoms with van der Waals surface area (Å²) < 4.78 is 5.11. The van der Waals surface area contributed by atoms with Crippen LogP contribution in [0.25, 0.3) is 0 Å². The number of hydrogen-bond donors (Lipinski definition) is 3. The van der Waals surface area contributed by atoms with Gasteiger partial charge in [0.1, 0.15) is 0 Å². The van der Waals surface area contributed by atoms with Gasteiger partial charge >= 0.3 is 6.03 Å². The van der Waals surface area contributed by atoms with Crippen LogP contribution < -0.4 is 16.0 Å². The number of thiocarbonyl (C=S) groups is 1. The van der Waals surface area contributed by atoms with Crippen molar-refractivity contribution >= 4 is 23.4 Å². The number of hydrogen-bond acceptors (Lipinski definition) is 3. The van der Waals surface area contributed by atoms with Crippen LogP contribution in [0.15, 0.2) is 0 Å². The SMILES string of the molecule is COCCNC(=S)N1[C@@H]2CC[C@@H]1CC(NC(=O)NC13CC4CC(CC(C4)C1)C3)C2. The van der Waals surface area contributed by atoms with Gasteiger partial charge in [0.05, 0.1) is 6.61 Å². The molecule has 0 unspecified atom stereocenters. The molecule has 162 valence electrons. The summed E-state index contributed by atoms with van der Waals surface area (Å²) in [5, 5.41) is 11.0. The first kappa shape index (κ1) is 19.9. The summed E-state index contributed by atoms with van der Waals surface area (Å²) in [4.78, 5) is 15.3. The predicted molar refractivity (Wildman–Crippen MR) is 117 cm³/mol. The maximum absolute atomic E-state index is 12.9. The van der Waals surface area contributed by atoms with E-state index in [0.29, 0.717) is 18.7 Å². The van der Waals surface area contributed by atoms with Crippen LogP contribution in [0.2, 0.25) is 0 Å². The van der Waals surface area contributed by atoms with Crippen molar-refractivity contribution in [3.8, 4) is 0 Å². The monoisotopic (exact) mass is 420 g/mol. The van der Waals surface area contributed by atoms with E-state index in [1.807, 2.05) is 0 Å². The second-order valence-corrected chi connectivity index (χ2v) is 10.9. The first-order valence-corrected chi connectivity index (χ1v) is 12.1. The Kier molecular flexibility index (Phi) is 5.39. The average molecular weight is 421 g/mol. The molecule has 4 saturated carbocycles. The van der Waals surface area contributed by atoms with E-state index in [1.165, 1.54) is 51.4 Å². The lowest BCUT2D eigenvalue weighted by Gasteiger charge is -2.56. The zero-order valence-electron chi connectivity index (χ0n) is 17.6. The number of rotatable bonds is 5. The quantitative estimate of drug-likeness (QED) is 0.471. The Morgan fingerprint density at radius 2 is 1.62 bits per heavy atom. The smallest absolute Gasteiger partial charge is 0.315 e. The lowest BCUT2D eigenvalue weighted by Crippen LogP contribution is -2.63. The molecule has 2 saturated heterocycles. The minimum atomic E-state index is 0.0746. The molecule has 7 heteroatoms. The van der Waals surface area contributed by atoms with E-state index in [9.17, 15) is 4.79 Å². The van der Waals surface area contributed by atoms with E-state index in [2.05, 4.69) is 20.9 Å².